The molecule has 0 aliphatic carbocycles. The summed E-state index contributed by atoms with van der Waals surface area (Å²) in [6, 6.07) is 6.02. The molecule has 2 unspecified atom stereocenters. The van der Waals surface area contributed by atoms with Crippen molar-refractivity contribution in [1.29, 1.82) is 0 Å². The highest BCUT2D eigenvalue weighted by molar-refractivity contribution is 7.99. The number of alkyl halides is 2. The first-order valence-electron chi connectivity index (χ1n) is 6.06. The maximum absolute atomic E-state index is 12.2. The Balaban J connectivity index is 2.08. The van der Waals surface area contributed by atoms with Crippen LogP contribution in [0.4, 0.5) is 8.78 Å². The number of hydrogen-bond acceptors (Lipinski definition) is 5. The van der Waals surface area contributed by atoms with E-state index < -0.39 is 6.61 Å². The summed E-state index contributed by atoms with van der Waals surface area (Å²) in [5, 5.41) is 3.16. The average molecular weight is 303 g/mol. The van der Waals surface area contributed by atoms with E-state index in [0.29, 0.717) is 5.75 Å². The van der Waals surface area contributed by atoms with Crippen LogP contribution in [0.1, 0.15) is 11.6 Å². The van der Waals surface area contributed by atoms with E-state index in [1.54, 1.807) is 23.9 Å². The summed E-state index contributed by atoms with van der Waals surface area (Å²) < 4.78 is 33.5. The van der Waals surface area contributed by atoms with Crippen LogP contribution in [0.3, 0.4) is 0 Å². The first-order chi connectivity index (χ1) is 9.60. The van der Waals surface area contributed by atoms with Crippen LogP contribution in [0.15, 0.2) is 24.3 Å². The third-order valence-electron chi connectivity index (χ3n) is 2.94. The SMILES string of the molecule is COC(=O)C1CSCC(c2cccc(OC(F)F)c2)N1. The van der Waals surface area contributed by atoms with Gasteiger partial charge < -0.3 is 9.47 Å². The molecule has 2 rings (SSSR count). The second-order valence-corrected chi connectivity index (χ2v) is 5.36. The molecule has 0 bridgehead atoms. The van der Waals surface area contributed by atoms with E-state index in [1.807, 2.05) is 6.07 Å². The van der Waals surface area contributed by atoms with Gasteiger partial charge in [-0.2, -0.15) is 20.5 Å². The van der Waals surface area contributed by atoms with Crippen LogP contribution in [0.2, 0.25) is 0 Å². The van der Waals surface area contributed by atoms with E-state index in [9.17, 15) is 13.6 Å². The third-order valence-corrected chi connectivity index (χ3v) is 4.08. The molecule has 1 saturated heterocycles. The summed E-state index contributed by atoms with van der Waals surface area (Å²) in [6.07, 6.45) is 0. The number of carbonyl (C=O) groups excluding carboxylic acids is 1. The van der Waals surface area contributed by atoms with Gasteiger partial charge >= 0.3 is 12.6 Å². The highest BCUT2D eigenvalue weighted by Gasteiger charge is 2.28. The summed E-state index contributed by atoms with van der Waals surface area (Å²) in [6.45, 7) is -2.85. The molecule has 1 aromatic rings. The van der Waals surface area contributed by atoms with Crippen molar-refractivity contribution in [3.63, 3.8) is 0 Å². The van der Waals surface area contributed by atoms with Gasteiger partial charge in [0.2, 0.25) is 0 Å². The van der Waals surface area contributed by atoms with Crippen molar-refractivity contribution in [2.45, 2.75) is 18.7 Å². The van der Waals surface area contributed by atoms with Crippen molar-refractivity contribution in [2.24, 2.45) is 0 Å². The number of methoxy groups -OCH3 is 1. The van der Waals surface area contributed by atoms with Crippen molar-refractivity contribution >= 4 is 17.7 Å². The lowest BCUT2D eigenvalue weighted by atomic mass is 10.1. The van der Waals surface area contributed by atoms with Crippen molar-refractivity contribution in [3.05, 3.63) is 29.8 Å². The highest BCUT2D eigenvalue weighted by Crippen LogP contribution is 2.27. The Labute approximate surface area is 119 Å². The number of ether oxygens (including phenoxy) is 2. The van der Waals surface area contributed by atoms with Gasteiger partial charge in [0, 0.05) is 17.5 Å². The fourth-order valence-corrected chi connectivity index (χ4v) is 3.15. The molecule has 0 amide bonds. The molecule has 4 nitrogen and oxygen atoms in total. The monoisotopic (exact) mass is 303 g/mol. The van der Waals surface area contributed by atoms with Gasteiger partial charge in [-0.3, -0.25) is 10.1 Å². The van der Waals surface area contributed by atoms with Gasteiger partial charge in [-0.05, 0) is 17.7 Å². The second-order valence-electron chi connectivity index (χ2n) is 4.28. The van der Waals surface area contributed by atoms with Gasteiger partial charge in [-0.25, -0.2) is 0 Å². The Kier molecular flexibility index (Phi) is 5.19. The average Bonchev–Trinajstić information content (AvgIpc) is 2.46. The summed E-state index contributed by atoms with van der Waals surface area (Å²) >= 11 is 1.62. The van der Waals surface area contributed by atoms with E-state index in [-0.39, 0.29) is 23.8 Å². The van der Waals surface area contributed by atoms with Gasteiger partial charge in [0.05, 0.1) is 7.11 Å². The lowest BCUT2D eigenvalue weighted by Gasteiger charge is -2.29. The Bertz CT molecular complexity index is 473. The quantitative estimate of drug-likeness (QED) is 0.864. The zero-order valence-corrected chi connectivity index (χ0v) is 11.7. The molecular formula is C13H15F2NO3S. The summed E-state index contributed by atoms with van der Waals surface area (Å²) in [5.74, 6) is 1.19. The van der Waals surface area contributed by atoms with Crippen molar-refractivity contribution in [3.8, 4) is 5.75 Å². The van der Waals surface area contributed by atoms with Crippen molar-refractivity contribution in [2.75, 3.05) is 18.6 Å². The minimum absolute atomic E-state index is 0.0981. The van der Waals surface area contributed by atoms with Gasteiger partial charge in [0.1, 0.15) is 11.8 Å². The Morgan fingerprint density at radius 3 is 2.95 bits per heavy atom. The highest BCUT2D eigenvalue weighted by atomic mass is 32.2. The number of esters is 1. The maximum atomic E-state index is 12.2. The molecule has 1 aromatic carbocycles. The predicted octanol–water partition coefficient (Wildman–Crippen LogP) is 2.21. The van der Waals surface area contributed by atoms with Gasteiger partial charge in [0.25, 0.3) is 0 Å². The van der Waals surface area contributed by atoms with Crippen LogP contribution in [0.5, 0.6) is 5.75 Å². The fraction of sp³-hybridized carbons (Fsp3) is 0.462. The third kappa shape index (κ3) is 3.83. The van der Waals surface area contributed by atoms with Gasteiger partial charge in [0.15, 0.2) is 0 Å². The van der Waals surface area contributed by atoms with E-state index in [0.717, 1.165) is 11.3 Å². The van der Waals surface area contributed by atoms with Crippen molar-refractivity contribution in [1.82, 2.24) is 5.32 Å². The first kappa shape index (κ1) is 15.1. The summed E-state index contributed by atoms with van der Waals surface area (Å²) in [7, 11) is 1.34. The van der Waals surface area contributed by atoms with E-state index >= 15 is 0 Å². The lowest BCUT2D eigenvalue weighted by molar-refractivity contribution is -0.142. The first-order valence-corrected chi connectivity index (χ1v) is 7.22. The molecule has 1 heterocycles. The molecule has 110 valence electrons. The fourth-order valence-electron chi connectivity index (χ4n) is 2.02. The smallest absolute Gasteiger partial charge is 0.387 e. The molecule has 1 aliphatic rings. The largest absolute Gasteiger partial charge is 0.468 e. The van der Waals surface area contributed by atoms with Crippen LogP contribution in [-0.4, -0.2) is 37.2 Å². The molecule has 20 heavy (non-hydrogen) atoms. The van der Waals surface area contributed by atoms with Crippen molar-refractivity contribution < 1.29 is 23.0 Å². The molecule has 7 heteroatoms. The minimum Gasteiger partial charge on any atom is -0.468 e. The van der Waals surface area contributed by atoms with Gasteiger partial charge in [-0.1, -0.05) is 12.1 Å². The topological polar surface area (TPSA) is 47.6 Å². The van der Waals surface area contributed by atoms with E-state index in [1.165, 1.54) is 13.2 Å². The molecule has 0 radical (unpaired) electrons. The normalized spacial score (nSPS) is 22.6. The molecule has 1 fully saturated rings. The van der Waals surface area contributed by atoms with Crippen LogP contribution < -0.4 is 10.1 Å². The minimum atomic E-state index is -2.85. The zero-order valence-electron chi connectivity index (χ0n) is 10.8. The second kappa shape index (κ2) is 6.90. The number of carbonyl (C=O) groups is 1. The van der Waals surface area contributed by atoms with E-state index in [4.69, 9.17) is 4.74 Å². The van der Waals surface area contributed by atoms with Gasteiger partial charge in [-0.15, -0.1) is 0 Å². The molecule has 1 N–H and O–H groups in total. The number of hydrogen-bond donors (Lipinski definition) is 1. The number of halogens is 2. The maximum Gasteiger partial charge on any atom is 0.387 e. The summed E-state index contributed by atoms with van der Waals surface area (Å²) in [4.78, 5) is 11.5. The number of nitrogens with one attached hydrogen (secondary N) is 1. The Morgan fingerprint density at radius 2 is 2.25 bits per heavy atom. The standard InChI is InChI=1S/C13H15F2NO3S/c1-18-12(17)11-7-20-6-10(16-11)8-3-2-4-9(5-8)19-13(14)15/h2-5,10-11,13,16H,6-7H2,1H3. The van der Waals surface area contributed by atoms with Crippen LogP contribution >= 0.6 is 11.8 Å². The number of thioether (sulfide) groups is 1. The van der Waals surface area contributed by atoms with Crippen LogP contribution in [-0.2, 0) is 9.53 Å². The lowest BCUT2D eigenvalue weighted by Crippen LogP contribution is -2.45. The molecule has 0 aromatic heterocycles. The molecular weight excluding hydrogens is 288 g/mol. The number of benzene rings is 1. The van der Waals surface area contributed by atoms with Crippen LogP contribution in [0.25, 0.3) is 0 Å². The van der Waals surface area contributed by atoms with E-state index in [2.05, 4.69) is 10.1 Å². The zero-order chi connectivity index (χ0) is 14.5. The number of rotatable bonds is 4. The molecule has 1 aliphatic heterocycles. The Morgan fingerprint density at radius 1 is 1.45 bits per heavy atom. The Hall–Kier alpha value is -1.34. The predicted molar refractivity (Wildman–Crippen MR) is 72.1 cm³/mol. The molecule has 2 atom stereocenters. The molecule has 0 spiro atoms. The molecule has 0 saturated carbocycles. The van der Waals surface area contributed by atoms with Crippen LogP contribution in [0, 0.1) is 0 Å². The summed E-state index contributed by atoms with van der Waals surface area (Å²) in [5.41, 5.74) is 0.809.